The predicted octanol–water partition coefficient (Wildman–Crippen LogP) is 3.88. The number of benzene rings is 1. The van der Waals surface area contributed by atoms with E-state index in [1.807, 2.05) is 30.5 Å². The number of likely N-dealkylation sites (N-methyl/N-ethyl adjacent to an activating group) is 1. The minimum Gasteiger partial charge on any atom is -0.496 e. The number of thiophene rings is 1. The Bertz CT molecular complexity index is 547. The summed E-state index contributed by atoms with van der Waals surface area (Å²) in [4.78, 5) is 2.76. The smallest absolute Gasteiger partial charge is 0.122 e. The summed E-state index contributed by atoms with van der Waals surface area (Å²) in [6.07, 6.45) is 0.942. The van der Waals surface area contributed by atoms with E-state index >= 15 is 0 Å². The lowest BCUT2D eigenvalue weighted by molar-refractivity contribution is 0.406. The van der Waals surface area contributed by atoms with Gasteiger partial charge >= 0.3 is 0 Å². The van der Waals surface area contributed by atoms with Crippen LogP contribution in [-0.4, -0.2) is 14.2 Å². The highest BCUT2D eigenvalue weighted by Gasteiger charge is 2.16. The molecular formula is C16H21NOS. The predicted molar refractivity (Wildman–Crippen MR) is 82.3 cm³/mol. The highest BCUT2D eigenvalue weighted by Crippen LogP contribution is 2.30. The fourth-order valence-corrected chi connectivity index (χ4v) is 3.44. The van der Waals surface area contributed by atoms with Crippen LogP contribution in [0.15, 0.2) is 30.3 Å². The summed E-state index contributed by atoms with van der Waals surface area (Å²) in [6, 6.07) is 10.9. The molecule has 19 heavy (non-hydrogen) atoms. The Morgan fingerprint density at radius 2 is 2.00 bits per heavy atom. The molecule has 2 rings (SSSR count). The maximum atomic E-state index is 5.44. The summed E-state index contributed by atoms with van der Waals surface area (Å²) in [6.45, 7) is 4.36. The fraction of sp³-hybridized carbons (Fsp3) is 0.375. The molecule has 2 nitrogen and oxygen atoms in total. The van der Waals surface area contributed by atoms with Crippen LogP contribution < -0.4 is 10.1 Å². The van der Waals surface area contributed by atoms with Crippen molar-refractivity contribution in [2.24, 2.45) is 0 Å². The van der Waals surface area contributed by atoms with Crippen LogP contribution in [0.4, 0.5) is 0 Å². The third-order valence-electron chi connectivity index (χ3n) is 3.42. The molecule has 1 aromatic carbocycles. The van der Waals surface area contributed by atoms with E-state index in [4.69, 9.17) is 4.74 Å². The first-order valence-corrected chi connectivity index (χ1v) is 7.33. The van der Waals surface area contributed by atoms with Crippen molar-refractivity contribution in [3.63, 3.8) is 0 Å². The van der Waals surface area contributed by atoms with Gasteiger partial charge in [0.15, 0.2) is 0 Å². The van der Waals surface area contributed by atoms with Crippen molar-refractivity contribution in [1.29, 1.82) is 0 Å². The normalized spacial score (nSPS) is 12.4. The second-order valence-corrected chi connectivity index (χ2v) is 6.19. The van der Waals surface area contributed by atoms with Gasteiger partial charge in [-0.05, 0) is 50.6 Å². The van der Waals surface area contributed by atoms with Crippen LogP contribution in [0.25, 0.3) is 0 Å². The molecule has 102 valence electrons. The second kappa shape index (κ2) is 6.22. The summed E-state index contributed by atoms with van der Waals surface area (Å²) in [7, 11) is 3.75. The van der Waals surface area contributed by atoms with E-state index in [1.165, 1.54) is 20.9 Å². The SMILES string of the molecule is CNC(Cc1ccccc1OC)c1cc(C)sc1C. The molecule has 1 heterocycles. The quantitative estimate of drug-likeness (QED) is 0.894. The molecule has 0 radical (unpaired) electrons. The summed E-state index contributed by atoms with van der Waals surface area (Å²) in [5.41, 5.74) is 2.64. The van der Waals surface area contributed by atoms with E-state index in [0.717, 1.165) is 12.2 Å². The number of ether oxygens (including phenoxy) is 1. The zero-order chi connectivity index (χ0) is 13.8. The third kappa shape index (κ3) is 3.17. The van der Waals surface area contributed by atoms with E-state index in [-0.39, 0.29) is 0 Å². The number of hydrogen-bond donors (Lipinski definition) is 1. The van der Waals surface area contributed by atoms with Crippen LogP contribution >= 0.6 is 11.3 Å². The Morgan fingerprint density at radius 1 is 1.26 bits per heavy atom. The lowest BCUT2D eigenvalue weighted by atomic mass is 9.98. The van der Waals surface area contributed by atoms with E-state index in [9.17, 15) is 0 Å². The molecule has 1 aromatic heterocycles. The van der Waals surface area contributed by atoms with Crippen molar-refractivity contribution in [2.75, 3.05) is 14.2 Å². The molecule has 0 aliphatic carbocycles. The highest BCUT2D eigenvalue weighted by atomic mass is 32.1. The lowest BCUT2D eigenvalue weighted by Gasteiger charge is -2.18. The van der Waals surface area contributed by atoms with Gasteiger partial charge in [0, 0.05) is 15.8 Å². The minimum atomic E-state index is 0.334. The Balaban J connectivity index is 2.26. The Labute approximate surface area is 119 Å². The van der Waals surface area contributed by atoms with Crippen LogP contribution in [0.3, 0.4) is 0 Å². The molecule has 0 fully saturated rings. The van der Waals surface area contributed by atoms with E-state index in [1.54, 1.807) is 7.11 Å². The molecule has 3 heteroatoms. The Morgan fingerprint density at radius 3 is 2.58 bits per heavy atom. The van der Waals surface area contributed by atoms with Gasteiger partial charge in [-0.1, -0.05) is 18.2 Å². The molecule has 1 atom stereocenters. The average Bonchev–Trinajstić information content (AvgIpc) is 2.75. The molecule has 0 bridgehead atoms. The van der Waals surface area contributed by atoms with E-state index in [0.29, 0.717) is 6.04 Å². The van der Waals surface area contributed by atoms with Gasteiger partial charge in [-0.15, -0.1) is 11.3 Å². The number of rotatable bonds is 5. The van der Waals surface area contributed by atoms with Crippen molar-refractivity contribution in [1.82, 2.24) is 5.32 Å². The van der Waals surface area contributed by atoms with Crippen molar-refractivity contribution in [3.05, 3.63) is 51.2 Å². The summed E-state index contributed by atoms with van der Waals surface area (Å²) in [5.74, 6) is 0.965. The number of nitrogens with one attached hydrogen (secondary N) is 1. The first kappa shape index (κ1) is 14.1. The second-order valence-electron chi connectivity index (χ2n) is 4.73. The first-order valence-electron chi connectivity index (χ1n) is 6.51. The van der Waals surface area contributed by atoms with Gasteiger partial charge in [0.1, 0.15) is 5.75 Å². The average molecular weight is 275 g/mol. The number of aryl methyl sites for hydroxylation is 2. The van der Waals surface area contributed by atoms with Crippen LogP contribution in [0.5, 0.6) is 5.75 Å². The third-order valence-corrected chi connectivity index (χ3v) is 4.40. The van der Waals surface area contributed by atoms with Crippen LogP contribution in [0.1, 0.15) is 26.9 Å². The van der Waals surface area contributed by atoms with Crippen LogP contribution in [0.2, 0.25) is 0 Å². The lowest BCUT2D eigenvalue weighted by Crippen LogP contribution is -2.19. The highest BCUT2D eigenvalue weighted by molar-refractivity contribution is 7.12. The maximum absolute atomic E-state index is 5.44. The summed E-state index contributed by atoms with van der Waals surface area (Å²) in [5, 5.41) is 3.42. The summed E-state index contributed by atoms with van der Waals surface area (Å²) >= 11 is 1.86. The van der Waals surface area contributed by atoms with Gasteiger partial charge < -0.3 is 10.1 Å². The Kier molecular flexibility index (Phi) is 4.61. The number of methoxy groups -OCH3 is 1. The first-order chi connectivity index (χ1) is 9.15. The van der Waals surface area contributed by atoms with Crippen molar-refractivity contribution >= 4 is 11.3 Å². The van der Waals surface area contributed by atoms with Crippen molar-refractivity contribution < 1.29 is 4.74 Å². The molecule has 0 saturated carbocycles. The molecule has 1 N–H and O–H groups in total. The zero-order valence-corrected chi connectivity index (χ0v) is 12.8. The van der Waals surface area contributed by atoms with Gasteiger partial charge in [0.25, 0.3) is 0 Å². The molecular weight excluding hydrogens is 254 g/mol. The molecule has 1 unspecified atom stereocenters. The molecule has 0 spiro atoms. The van der Waals surface area contributed by atoms with Crippen molar-refractivity contribution in [3.8, 4) is 5.75 Å². The van der Waals surface area contributed by atoms with Gasteiger partial charge in [0.2, 0.25) is 0 Å². The molecule has 0 aliphatic rings. The van der Waals surface area contributed by atoms with Crippen LogP contribution in [-0.2, 0) is 6.42 Å². The fourth-order valence-electron chi connectivity index (χ4n) is 2.46. The molecule has 0 aliphatic heterocycles. The molecule has 0 saturated heterocycles. The standard InChI is InChI=1S/C16H21NOS/c1-11-9-14(12(2)19-11)15(17-3)10-13-7-5-6-8-16(13)18-4/h5-9,15,17H,10H2,1-4H3. The summed E-state index contributed by atoms with van der Waals surface area (Å²) < 4.78 is 5.44. The van der Waals surface area contributed by atoms with Crippen LogP contribution in [0, 0.1) is 13.8 Å². The van der Waals surface area contributed by atoms with Gasteiger partial charge in [-0.2, -0.15) is 0 Å². The molecule has 2 aromatic rings. The maximum Gasteiger partial charge on any atom is 0.122 e. The Hall–Kier alpha value is -1.32. The number of hydrogen-bond acceptors (Lipinski definition) is 3. The van der Waals surface area contributed by atoms with Gasteiger partial charge in [0.05, 0.1) is 7.11 Å². The van der Waals surface area contributed by atoms with Gasteiger partial charge in [-0.25, -0.2) is 0 Å². The van der Waals surface area contributed by atoms with Crippen molar-refractivity contribution in [2.45, 2.75) is 26.3 Å². The van der Waals surface area contributed by atoms with Gasteiger partial charge in [-0.3, -0.25) is 0 Å². The van der Waals surface area contributed by atoms with E-state index in [2.05, 4.69) is 37.4 Å². The number of para-hydroxylation sites is 1. The minimum absolute atomic E-state index is 0.334. The topological polar surface area (TPSA) is 21.3 Å². The monoisotopic (exact) mass is 275 g/mol. The molecule has 0 amide bonds. The van der Waals surface area contributed by atoms with E-state index < -0.39 is 0 Å². The zero-order valence-electron chi connectivity index (χ0n) is 12.0. The largest absolute Gasteiger partial charge is 0.496 e.